The van der Waals surface area contributed by atoms with Crippen LogP contribution in [0.15, 0.2) is 24.4 Å². The molecular formula is C32H48F2N4O2. The number of aliphatic carboxylic acids is 1. The molecule has 4 heterocycles. The van der Waals surface area contributed by atoms with E-state index in [1.165, 1.54) is 17.8 Å². The highest BCUT2D eigenvalue weighted by molar-refractivity contribution is 5.76. The van der Waals surface area contributed by atoms with Crippen molar-refractivity contribution >= 4 is 11.8 Å². The monoisotopic (exact) mass is 558 g/mol. The molecule has 3 aliphatic rings. The summed E-state index contributed by atoms with van der Waals surface area (Å²) in [5, 5.41) is 13.4. The molecule has 3 unspecified atom stereocenters. The highest BCUT2D eigenvalue weighted by atomic mass is 19.1. The quantitative estimate of drug-likeness (QED) is 0.294. The van der Waals surface area contributed by atoms with E-state index in [4.69, 9.17) is 4.98 Å². The first-order valence-electron chi connectivity index (χ1n) is 15.5. The van der Waals surface area contributed by atoms with Crippen LogP contribution < -0.4 is 5.32 Å². The summed E-state index contributed by atoms with van der Waals surface area (Å²) in [6.45, 7) is 9.83. The number of alkyl halides is 1. The highest BCUT2D eigenvalue weighted by Gasteiger charge is 2.39. The Morgan fingerprint density at radius 3 is 2.62 bits per heavy atom. The molecule has 2 aliphatic heterocycles. The Morgan fingerprint density at radius 2 is 1.93 bits per heavy atom. The lowest BCUT2D eigenvalue weighted by Crippen LogP contribution is -2.35. The number of hydrogen-bond acceptors (Lipinski definition) is 5. The van der Waals surface area contributed by atoms with Crippen LogP contribution in [-0.4, -0.2) is 51.7 Å². The molecule has 0 radical (unpaired) electrons. The summed E-state index contributed by atoms with van der Waals surface area (Å²) in [6.07, 6.45) is 8.94. The Hall–Kier alpha value is -2.61. The molecule has 1 saturated carbocycles. The smallest absolute Gasteiger partial charge is 0.325 e. The van der Waals surface area contributed by atoms with Crippen LogP contribution in [0, 0.1) is 11.7 Å². The van der Waals surface area contributed by atoms with Crippen LogP contribution >= 0.6 is 0 Å². The van der Waals surface area contributed by atoms with Gasteiger partial charge in [-0.05, 0) is 75.6 Å². The molecule has 3 atom stereocenters. The normalized spacial score (nSPS) is 20.0. The maximum Gasteiger partial charge on any atom is 0.325 e. The van der Waals surface area contributed by atoms with E-state index in [0.29, 0.717) is 37.2 Å². The van der Waals surface area contributed by atoms with Crippen LogP contribution in [0.2, 0.25) is 0 Å². The van der Waals surface area contributed by atoms with E-state index < -0.39 is 24.0 Å². The Labute approximate surface area is 239 Å². The molecule has 40 heavy (non-hydrogen) atoms. The minimum absolute atomic E-state index is 0.190. The summed E-state index contributed by atoms with van der Waals surface area (Å²) in [6, 6.07) is 4.57. The standard InChI is InChI=1S/C28H36F2N4O2.2C2H6/c29-21-15-23(25(32-16-21)18-5-3-6-18)26(28(35)36)34-14-12-20(17-34)24(30)9-2-1-8-22-11-10-19-7-4-13-31-27(19)33-22;2*1-2/h10-11,15-16,18,20,24,26H,1-9,12-14,17H2,(H,31,33)(H,35,36);2*1-2H3. The van der Waals surface area contributed by atoms with E-state index in [0.717, 1.165) is 69.4 Å². The number of aromatic nitrogens is 2. The summed E-state index contributed by atoms with van der Waals surface area (Å²) in [5.74, 6) is -0.564. The molecule has 0 aromatic carbocycles. The number of carboxylic acid groups (broad SMARTS) is 1. The van der Waals surface area contributed by atoms with Crippen molar-refractivity contribution in [3.8, 4) is 0 Å². The van der Waals surface area contributed by atoms with Crippen LogP contribution in [0.5, 0.6) is 0 Å². The number of nitrogens with one attached hydrogen (secondary N) is 1. The number of nitrogens with zero attached hydrogens (tertiary/aromatic N) is 3. The molecule has 0 amide bonds. The molecule has 1 saturated heterocycles. The number of hydrogen-bond donors (Lipinski definition) is 2. The first-order valence-corrected chi connectivity index (χ1v) is 15.5. The number of rotatable bonds is 10. The number of aryl methyl sites for hydroxylation is 2. The van der Waals surface area contributed by atoms with Gasteiger partial charge in [-0.3, -0.25) is 14.7 Å². The summed E-state index contributed by atoms with van der Waals surface area (Å²) in [5.41, 5.74) is 3.45. The lowest BCUT2D eigenvalue weighted by Gasteiger charge is -2.31. The number of fused-ring (bicyclic) bond motifs is 1. The third-order valence-electron chi connectivity index (χ3n) is 8.18. The van der Waals surface area contributed by atoms with Crippen molar-refractivity contribution in [2.45, 2.75) is 110 Å². The second kappa shape index (κ2) is 16.0. The molecule has 0 spiro atoms. The molecule has 6 nitrogen and oxygen atoms in total. The van der Waals surface area contributed by atoms with Crippen molar-refractivity contribution in [1.29, 1.82) is 0 Å². The predicted molar refractivity (Wildman–Crippen MR) is 157 cm³/mol. The van der Waals surface area contributed by atoms with Gasteiger partial charge in [0.15, 0.2) is 0 Å². The molecule has 1 aliphatic carbocycles. The lowest BCUT2D eigenvalue weighted by atomic mass is 9.80. The maximum absolute atomic E-state index is 15.2. The van der Waals surface area contributed by atoms with Crippen LogP contribution in [-0.2, 0) is 17.6 Å². The van der Waals surface area contributed by atoms with E-state index in [2.05, 4.69) is 22.4 Å². The van der Waals surface area contributed by atoms with Crippen molar-refractivity contribution < 1.29 is 18.7 Å². The average Bonchev–Trinajstić information content (AvgIpc) is 3.43. The average molecular weight is 559 g/mol. The highest BCUT2D eigenvalue weighted by Crippen LogP contribution is 2.41. The lowest BCUT2D eigenvalue weighted by molar-refractivity contribution is -0.143. The van der Waals surface area contributed by atoms with E-state index in [9.17, 15) is 14.3 Å². The molecule has 2 aromatic rings. The fourth-order valence-electron chi connectivity index (χ4n) is 5.93. The number of anilines is 1. The van der Waals surface area contributed by atoms with E-state index >= 15 is 4.39 Å². The van der Waals surface area contributed by atoms with Crippen LogP contribution in [0.25, 0.3) is 0 Å². The minimum Gasteiger partial charge on any atom is -0.480 e. The largest absolute Gasteiger partial charge is 0.480 e. The third kappa shape index (κ3) is 7.99. The van der Waals surface area contributed by atoms with E-state index in [1.807, 2.05) is 32.6 Å². The molecule has 2 fully saturated rings. The Bertz CT molecular complexity index is 1080. The van der Waals surface area contributed by atoms with E-state index in [-0.39, 0.29) is 11.8 Å². The zero-order valence-electron chi connectivity index (χ0n) is 24.8. The number of unbranched alkanes of at least 4 members (excludes halogenated alkanes) is 1. The Morgan fingerprint density at radius 1 is 1.15 bits per heavy atom. The summed E-state index contributed by atoms with van der Waals surface area (Å²) in [4.78, 5) is 23.1. The van der Waals surface area contributed by atoms with E-state index in [1.54, 1.807) is 0 Å². The first kappa shape index (κ1) is 31.9. The van der Waals surface area contributed by atoms with Crippen molar-refractivity contribution in [3.63, 3.8) is 0 Å². The van der Waals surface area contributed by atoms with Gasteiger partial charge in [-0.1, -0.05) is 46.6 Å². The summed E-state index contributed by atoms with van der Waals surface area (Å²) < 4.78 is 29.2. The van der Waals surface area contributed by atoms with Gasteiger partial charge in [0.25, 0.3) is 0 Å². The second-order valence-corrected chi connectivity index (χ2v) is 10.6. The van der Waals surface area contributed by atoms with Gasteiger partial charge >= 0.3 is 5.97 Å². The molecular weight excluding hydrogens is 510 g/mol. The van der Waals surface area contributed by atoms with Gasteiger partial charge in [-0.2, -0.15) is 0 Å². The molecule has 5 rings (SSSR count). The van der Waals surface area contributed by atoms with Crippen molar-refractivity contribution in [2.75, 3.05) is 25.0 Å². The summed E-state index contributed by atoms with van der Waals surface area (Å²) >= 11 is 0. The molecule has 222 valence electrons. The Balaban J connectivity index is 0.00000106. The van der Waals surface area contributed by atoms with Crippen molar-refractivity contribution in [2.24, 2.45) is 5.92 Å². The molecule has 0 bridgehead atoms. The maximum atomic E-state index is 15.2. The fourth-order valence-corrected chi connectivity index (χ4v) is 5.93. The van der Waals surface area contributed by atoms with Gasteiger partial charge < -0.3 is 10.4 Å². The van der Waals surface area contributed by atoms with Crippen molar-refractivity contribution in [3.05, 3.63) is 52.7 Å². The first-order chi connectivity index (χ1) is 19.5. The predicted octanol–water partition coefficient (Wildman–Crippen LogP) is 7.49. The molecule has 2 aromatic heterocycles. The third-order valence-corrected chi connectivity index (χ3v) is 8.18. The van der Waals surface area contributed by atoms with Gasteiger partial charge in [0.05, 0.1) is 6.20 Å². The van der Waals surface area contributed by atoms with Gasteiger partial charge in [0, 0.05) is 41.9 Å². The summed E-state index contributed by atoms with van der Waals surface area (Å²) in [7, 11) is 0. The van der Waals surface area contributed by atoms with Crippen molar-refractivity contribution in [1.82, 2.24) is 14.9 Å². The zero-order chi connectivity index (χ0) is 29.1. The van der Waals surface area contributed by atoms with Gasteiger partial charge in [-0.25, -0.2) is 13.8 Å². The SMILES string of the molecule is CC.CC.O=C(O)C(c1cc(F)cnc1C1CCC1)N1CCC(C(F)CCCCc2ccc3c(n2)NCCC3)C1. The number of carbonyl (C=O) groups is 1. The fraction of sp³-hybridized carbons (Fsp3) is 0.656. The Kier molecular flexibility index (Phi) is 12.8. The molecule has 8 heteroatoms. The zero-order valence-corrected chi connectivity index (χ0v) is 24.8. The van der Waals surface area contributed by atoms with Gasteiger partial charge in [-0.15, -0.1) is 0 Å². The van der Waals surface area contributed by atoms with Crippen LogP contribution in [0.1, 0.15) is 114 Å². The number of carboxylic acids is 1. The number of pyridine rings is 2. The molecule has 2 N–H and O–H groups in total. The van der Waals surface area contributed by atoms with Crippen LogP contribution in [0.4, 0.5) is 14.6 Å². The van der Waals surface area contributed by atoms with Gasteiger partial charge in [0.1, 0.15) is 23.8 Å². The van der Waals surface area contributed by atoms with Crippen LogP contribution in [0.3, 0.4) is 0 Å². The topological polar surface area (TPSA) is 78.3 Å². The minimum atomic E-state index is -1.02. The number of halogens is 2. The second-order valence-electron chi connectivity index (χ2n) is 10.6. The van der Waals surface area contributed by atoms with Gasteiger partial charge in [0.2, 0.25) is 0 Å². The number of likely N-dealkylation sites (tertiary alicyclic amines) is 1.